The van der Waals surface area contributed by atoms with Crippen LogP contribution in [0.25, 0.3) is 0 Å². The highest BCUT2D eigenvalue weighted by Gasteiger charge is 2.33. The van der Waals surface area contributed by atoms with Gasteiger partial charge in [-0.05, 0) is 37.1 Å². The zero-order chi connectivity index (χ0) is 15.3. The van der Waals surface area contributed by atoms with Crippen LogP contribution in [0.4, 0.5) is 8.78 Å². The van der Waals surface area contributed by atoms with E-state index in [0.717, 1.165) is 31.5 Å². The van der Waals surface area contributed by atoms with Gasteiger partial charge in [0.25, 0.3) is 0 Å². The summed E-state index contributed by atoms with van der Waals surface area (Å²) in [6, 6.07) is 3.49. The van der Waals surface area contributed by atoms with Crippen molar-refractivity contribution in [2.75, 3.05) is 26.8 Å². The average molecular weight is 335 g/mol. The molecule has 0 bridgehead atoms. The largest absolute Gasteiger partial charge is 0.383 e. The van der Waals surface area contributed by atoms with E-state index in [1.165, 1.54) is 6.07 Å². The predicted molar refractivity (Wildman–Crippen MR) is 82.2 cm³/mol. The topological polar surface area (TPSA) is 50.4 Å². The second-order valence-electron chi connectivity index (χ2n) is 5.45. The van der Waals surface area contributed by atoms with Crippen LogP contribution in [0.2, 0.25) is 0 Å². The monoisotopic (exact) mass is 334 g/mol. The Labute approximate surface area is 135 Å². The fraction of sp³-hybridized carbons (Fsp3) is 0.533. The molecule has 124 valence electrons. The highest BCUT2D eigenvalue weighted by atomic mass is 35.5. The summed E-state index contributed by atoms with van der Waals surface area (Å²) in [5.41, 5.74) is 0.227. The van der Waals surface area contributed by atoms with E-state index in [1.807, 2.05) is 0 Å². The summed E-state index contributed by atoms with van der Waals surface area (Å²) in [7, 11) is 1.63. The van der Waals surface area contributed by atoms with Crippen molar-refractivity contribution in [3.05, 3.63) is 35.4 Å². The lowest BCUT2D eigenvalue weighted by Gasteiger charge is -2.29. The number of amides is 1. The molecule has 1 heterocycles. The molecule has 0 spiro atoms. The summed E-state index contributed by atoms with van der Waals surface area (Å²) in [6.07, 6.45) is 2.01. The Hall–Kier alpha value is -1.24. The molecule has 1 aliphatic heterocycles. The maximum atomic E-state index is 13.1. The first-order valence-electron chi connectivity index (χ1n) is 6.99. The Morgan fingerprint density at radius 3 is 2.77 bits per heavy atom. The first-order valence-corrected chi connectivity index (χ1v) is 6.99. The molecule has 4 nitrogen and oxygen atoms in total. The van der Waals surface area contributed by atoms with Crippen molar-refractivity contribution in [2.45, 2.75) is 24.8 Å². The van der Waals surface area contributed by atoms with E-state index < -0.39 is 11.6 Å². The van der Waals surface area contributed by atoms with Gasteiger partial charge in [-0.15, -0.1) is 12.4 Å². The SMILES string of the molecule is COCC1(CNC(=O)Cc2ccc(F)c(F)c2)CCCN1.Cl. The summed E-state index contributed by atoms with van der Waals surface area (Å²) in [5.74, 6) is -2.06. The number of benzene rings is 1. The van der Waals surface area contributed by atoms with Crippen LogP contribution >= 0.6 is 12.4 Å². The number of methoxy groups -OCH3 is 1. The number of hydrogen-bond acceptors (Lipinski definition) is 3. The summed E-state index contributed by atoms with van der Waals surface area (Å²) in [6.45, 7) is 1.89. The van der Waals surface area contributed by atoms with Crippen molar-refractivity contribution in [1.82, 2.24) is 10.6 Å². The zero-order valence-electron chi connectivity index (χ0n) is 12.5. The highest BCUT2D eigenvalue weighted by Crippen LogP contribution is 2.18. The van der Waals surface area contributed by atoms with Crippen LogP contribution < -0.4 is 10.6 Å². The molecule has 0 aliphatic carbocycles. The van der Waals surface area contributed by atoms with Gasteiger partial charge in [0.05, 0.1) is 18.6 Å². The number of nitrogens with one attached hydrogen (secondary N) is 2. The average Bonchev–Trinajstić information content (AvgIpc) is 2.90. The minimum absolute atomic E-state index is 0. The van der Waals surface area contributed by atoms with Crippen molar-refractivity contribution >= 4 is 18.3 Å². The van der Waals surface area contributed by atoms with Crippen LogP contribution in [0.15, 0.2) is 18.2 Å². The minimum atomic E-state index is -0.936. The smallest absolute Gasteiger partial charge is 0.224 e. The Kier molecular flexibility index (Phi) is 7.19. The molecule has 0 aromatic heterocycles. The van der Waals surface area contributed by atoms with Crippen LogP contribution in [0.3, 0.4) is 0 Å². The molecule has 2 rings (SSSR count). The lowest BCUT2D eigenvalue weighted by molar-refractivity contribution is -0.120. The van der Waals surface area contributed by atoms with Crippen LogP contribution in [0.1, 0.15) is 18.4 Å². The molecule has 0 saturated carbocycles. The second kappa shape index (κ2) is 8.41. The molecule has 22 heavy (non-hydrogen) atoms. The standard InChI is InChI=1S/C15H20F2N2O2.ClH/c1-21-10-15(5-2-6-19-15)9-18-14(20)8-11-3-4-12(16)13(17)7-11;/h3-4,7,19H,2,5-6,8-10H2,1H3,(H,18,20);1H. The third-order valence-electron chi connectivity index (χ3n) is 3.73. The van der Waals surface area contributed by atoms with E-state index in [1.54, 1.807) is 7.11 Å². The first-order chi connectivity index (χ1) is 10.0. The van der Waals surface area contributed by atoms with E-state index in [4.69, 9.17) is 4.74 Å². The Morgan fingerprint density at radius 2 is 2.18 bits per heavy atom. The van der Waals surface area contributed by atoms with Crippen molar-refractivity contribution in [3.63, 3.8) is 0 Å². The molecule has 2 N–H and O–H groups in total. The second-order valence-corrected chi connectivity index (χ2v) is 5.45. The molecule has 1 aromatic carbocycles. The zero-order valence-corrected chi connectivity index (χ0v) is 13.3. The van der Waals surface area contributed by atoms with Gasteiger partial charge >= 0.3 is 0 Å². The molecule has 0 radical (unpaired) electrons. The fourth-order valence-corrected chi connectivity index (χ4v) is 2.64. The molecule has 1 unspecified atom stereocenters. The number of carbonyl (C=O) groups excluding carboxylic acids is 1. The summed E-state index contributed by atoms with van der Waals surface area (Å²) >= 11 is 0. The van der Waals surface area contributed by atoms with Gasteiger partial charge < -0.3 is 15.4 Å². The van der Waals surface area contributed by atoms with Gasteiger partial charge in [0, 0.05) is 13.7 Å². The van der Waals surface area contributed by atoms with E-state index in [9.17, 15) is 13.6 Å². The third-order valence-corrected chi connectivity index (χ3v) is 3.73. The number of hydrogen-bond donors (Lipinski definition) is 2. The van der Waals surface area contributed by atoms with Gasteiger partial charge in [-0.25, -0.2) is 8.78 Å². The van der Waals surface area contributed by atoms with E-state index in [2.05, 4.69) is 10.6 Å². The van der Waals surface area contributed by atoms with Crippen LogP contribution in [-0.2, 0) is 16.0 Å². The Balaban J connectivity index is 0.00000242. The van der Waals surface area contributed by atoms with Gasteiger partial charge in [-0.1, -0.05) is 6.07 Å². The number of halogens is 3. The predicted octanol–water partition coefficient (Wildman–Crippen LogP) is 1.81. The number of carbonyl (C=O) groups is 1. The third kappa shape index (κ3) is 4.90. The lowest BCUT2D eigenvalue weighted by atomic mass is 9.98. The van der Waals surface area contributed by atoms with Gasteiger partial charge in [0.15, 0.2) is 11.6 Å². The van der Waals surface area contributed by atoms with Gasteiger partial charge in [-0.2, -0.15) is 0 Å². The van der Waals surface area contributed by atoms with Crippen LogP contribution in [-0.4, -0.2) is 38.3 Å². The number of rotatable bonds is 6. The Bertz CT molecular complexity index is 508. The quantitative estimate of drug-likeness (QED) is 0.834. The summed E-state index contributed by atoms with van der Waals surface area (Å²) in [5, 5.41) is 6.19. The molecular formula is C15H21ClF2N2O2. The fourth-order valence-electron chi connectivity index (χ4n) is 2.64. The molecule has 1 aromatic rings. The molecule has 1 amide bonds. The molecule has 7 heteroatoms. The van der Waals surface area contributed by atoms with E-state index in [-0.39, 0.29) is 30.3 Å². The van der Waals surface area contributed by atoms with Gasteiger partial charge in [-0.3, -0.25) is 4.79 Å². The maximum Gasteiger partial charge on any atom is 0.224 e. The van der Waals surface area contributed by atoms with E-state index in [0.29, 0.717) is 18.7 Å². The molecule has 1 saturated heterocycles. The van der Waals surface area contributed by atoms with Gasteiger partial charge in [0.2, 0.25) is 5.91 Å². The van der Waals surface area contributed by atoms with Crippen molar-refractivity contribution in [1.29, 1.82) is 0 Å². The summed E-state index contributed by atoms with van der Waals surface area (Å²) in [4.78, 5) is 11.9. The maximum absolute atomic E-state index is 13.1. The van der Waals surface area contributed by atoms with Crippen molar-refractivity contribution in [2.24, 2.45) is 0 Å². The van der Waals surface area contributed by atoms with Crippen LogP contribution in [0.5, 0.6) is 0 Å². The van der Waals surface area contributed by atoms with E-state index >= 15 is 0 Å². The van der Waals surface area contributed by atoms with Crippen molar-refractivity contribution in [3.8, 4) is 0 Å². The molecule has 1 aliphatic rings. The van der Waals surface area contributed by atoms with Crippen LogP contribution in [0, 0.1) is 11.6 Å². The minimum Gasteiger partial charge on any atom is -0.383 e. The Morgan fingerprint density at radius 1 is 1.41 bits per heavy atom. The molecule has 1 atom stereocenters. The molecule has 1 fully saturated rings. The van der Waals surface area contributed by atoms with Crippen molar-refractivity contribution < 1.29 is 18.3 Å². The van der Waals surface area contributed by atoms with Gasteiger partial charge in [0.1, 0.15) is 0 Å². The first kappa shape index (κ1) is 18.8. The molecular weight excluding hydrogens is 314 g/mol. The normalized spacial score (nSPS) is 20.5. The highest BCUT2D eigenvalue weighted by molar-refractivity contribution is 5.85. The lowest BCUT2D eigenvalue weighted by Crippen LogP contribution is -2.53. The number of ether oxygens (including phenoxy) is 1. The summed E-state index contributed by atoms with van der Waals surface area (Å²) < 4.78 is 31.1.